The average molecular weight is 480 g/mol. The number of benzene rings is 3. The highest BCUT2D eigenvalue weighted by atomic mass is 16.5. The lowest BCUT2D eigenvalue weighted by atomic mass is 9.96. The van der Waals surface area contributed by atoms with Crippen LogP contribution in [0.25, 0.3) is 11.5 Å². The van der Waals surface area contributed by atoms with Gasteiger partial charge in [-0.05, 0) is 29.8 Å². The van der Waals surface area contributed by atoms with Crippen molar-refractivity contribution in [3.05, 3.63) is 95.6 Å². The Morgan fingerprint density at radius 2 is 1.58 bits per heavy atom. The van der Waals surface area contributed by atoms with Gasteiger partial charge in [0.05, 0.1) is 18.9 Å². The Morgan fingerprint density at radius 1 is 0.833 bits per heavy atom. The Balaban J connectivity index is 1.25. The van der Waals surface area contributed by atoms with Gasteiger partial charge >= 0.3 is 6.01 Å². The minimum atomic E-state index is -0.843. The van der Waals surface area contributed by atoms with Gasteiger partial charge in [0, 0.05) is 41.9 Å². The van der Waals surface area contributed by atoms with Crippen molar-refractivity contribution >= 4 is 23.2 Å². The van der Waals surface area contributed by atoms with Crippen molar-refractivity contribution in [2.45, 2.75) is 12.6 Å². The summed E-state index contributed by atoms with van der Waals surface area (Å²) in [4.78, 5) is 20.3. The zero-order valence-corrected chi connectivity index (χ0v) is 19.6. The summed E-state index contributed by atoms with van der Waals surface area (Å²) in [5.41, 5.74) is 5.53. The van der Waals surface area contributed by atoms with Gasteiger partial charge in [0.2, 0.25) is 5.89 Å². The lowest BCUT2D eigenvalue weighted by molar-refractivity contribution is -0.119. The first-order valence-electron chi connectivity index (χ1n) is 12.0. The number of hydrogen-bond donors (Lipinski definition) is 1. The molecule has 8 heteroatoms. The van der Waals surface area contributed by atoms with Gasteiger partial charge in [0.25, 0.3) is 0 Å². The predicted molar refractivity (Wildman–Crippen MR) is 137 cm³/mol. The Morgan fingerprint density at radius 3 is 2.39 bits per heavy atom. The summed E-state index contributed by atoms with van der Waals surface area (Å²) in [7, 11) is 0. The van der Waals surface area contributed by atoms with Gasteiger partial charge in [0.1, 0.15) is 0 Å². The molecule has 36 heavy (non-hydrogen) atoms. The zero-order chi connectivity index (χ0) is 24.3. The highest BCUT2D eigenvalue weighted by Gasteiger charge is 2.27. The van der Waals surface area contributed by atoms with Crippen LogP contribution < -0.4 is 10.2 Å². The molecule has 0 unspecified atom stereocenters. The molecule has 1 fully saturated rings. The molecule has 0 amide bonds. The summed E-state index contributed by atoms with van der Waals surface area (Å²) < 4.78 is 11.3. The van der Waals surface area contributed by atoms with Crippen molar-refractivity contribution in [3.8, 4) is 11.5 Å². The molecule has 3 aromatic carbocycles. The number of aliphatic imine (C=N–C) groups is 1. The van der Waals surface area contributed by atoms with E-state index in [1.807, 2.05) is 78.9 Å². The lowest BCUT2D eigenvalue weighted by Gasteiger charge is -2.28. The molecule has 0 bridgehead atoms. The number of ketones is 1. The van der Waals surface area contributed by atoms with Gasteiger partial charge in [-0.25, -0.2) is 0 Å². The van der Waals surface area contributed by atoms with Gasteiger partial charge in [-0.15, -0.1) is 5.10 Å². The van der Waals surface area contributed by atoms with Crippen LogP contribution in [0.4, 0.5) is 11.7 Å². The average Bonchev–Trinajstić information content (AvgIpc) is 3.36. The van der Waals surface area contributed by atoms with Gasteiger partial charge in [-0.1, -0.05) is 59.7 Å². The van der Waals surface area contributed by atoms with Crippen molar-refractivity contribution in [2.24, 2.45) is 4.99 Å². The number of anilines is 2. The molecule has 180 valence electrons. The normalized spacial score (nSPS) is 17.8. The van der Waals surface area contributed by atoms with Crippen LogP contribution in [0.3, 0.4) is 0 Å². The highest BCUT2D eigenvalue weighted by molar-refractivity contribution is 6.16. The number of ether oxygens (including phenoxy) is 1. The molecule has 0 saturated carbocycles. The van der Waals surface area contributed by atoms with E-state index in [1.54, 1.807) is 0 Å². The Bertz CT molecular complexity index is 1390. The van der Waals surface area contributed by atoms with Crippen LogP contribution >= 0.6 is 0 Å². The standard InChI is InChI=1S/C28H25N5O3/c34-24-18-21-8-4-5-9-23(21)25(19-6-2-1-3-7-19)29-26(24)30-28-32-31-27(36-28)20-10-12-22(13-11-20)33-14-16-35-17-15-33/h1-13,26H,14-18H2,(H,30,32)/t26-/m1/s1. The summed E-state index contributed by atoms with van der Waals surface area (Å²) in [5, 5.41) is 11.4. The van der Waals surface area contributed by atoms with Crippen molar-refractivity contribution in [3.63, 3.8) is 0 Å². The molecule has 1 aromatic heterocycles. The van der Waals surface area contributed by atoms with E-state index in [-0.39, 0.29) is 18.2 Å². The fraction of sp³-hybridized carbons (Fsp3) is 0.214. The Kier molecular flexibility index (Phi) is 6.01. The number of hydrogen-bond acceptors (Lipinski definition) is 8. The van der Waals surface area contributed by atoms with E-state index in [0.717, 1.165) is 60.0 Å². The van der Waals surface area contributed by atoms with Gasteiger partial charge in [-0.3, -0.25) is 9.79 Å². The van der Waals surface area contributed by atoms with Crippen LogP contribution in [0, 0.1) is 0 Å². The fourth-order valence-corrected chi connectivity index (χ4v) is 4.55. The third-order valence-corrected chi connectivity index (χ3v) is 6.42. The Hall–Kier alpha value is -4.30. The van der Waals surface area contributed by atoms with E-state index in [0.29, 0.717) is 5.89 Å². The van der Waals surface area contributed by atoms with Gasteiger partial charge in [0.15, 0.2) is 11.9 Å². The summed E-state index contributed by atoms with van der Waals surface area (Å²) in [6.07, 6.45) is -0.581. The van der Waals surface area contributed by atoms with Crippen LogP contribution in [0.15, 0.2) is 88.3 Å². The first-order chi connectivity index (χ1) is 17.7. The van der Waals surface area contributed by atoms with Crippen molar-refractivity contribution < 1.29 is 13.9 Å². The summed E-state index contributed by atoms with van der Waals surface area (Å²) in [5.74, 6) is 0.311. The quantitative estimate of drug-likeness (QED) is 0.463. The fourth-order valence-electron chi connectivity index (χ4n) is 4.55. The molecule has 0 spiro atoms. The molecule has 1 N–H and O–H groups in total. The number of Topliss-reactive ketones (excluding diaryl/α,β-unsaturated/α-hetero) is 1. The van der Waals surface area contributed by atoms with E-state index < -0.39 is 6.17 Å². The number of carbonyl (C=O) groups is 1. The van der Waals surface area contributed by atoms with Crippen molar-refractivity contribution in [1.29, 1.82) is 0 Å². The molecule has 6 rings (SSSR count). The molecule has 0 radical (unpaired) electrons. The molecule has 0 aliphatic carbocycles. The predicted octanol–water partition coefficient (Wildman–Crippen LogP) is 3.97. The maximum absolute atomic E-state index is 13.1. The molecular formula is C28H25N5O3. The number of nitrogens with zero attached hydrogens (tertiary/aromatic N) is 4. The third kappa shape index (κ3) is 4.50. The second-order valence-corrected chi connectivity index (χ2v) is 8.75. The van der Waals surface area contributed by atoms with E-state index in [1.165, 1.54) is 0 Å². The summed E-state index contributed by atoms with van der Waals surface area (Å²) in [6, 6.07) is 25.9. The molecule has 4 aromatic rings. The van der Waals surface area contributed by atoms with E-state index >= 15 is 0 Å². The summed E-state index contributed by atoms with van der Waals surface area (Å²) >= 11 is 0. The number of morpholine rings is 1. The minimum Gasteiger partial charge on any atom is -0.403 e. The maximum atomic E-state index is 13.1. The van der Waals surface area contributed by atoms with E-state index in [4.69, 9.17) is 14.1 Å². The molecule has 2 aliphatic heterocycles. The second-order valence-electron chi connectivity index (χ2n) is 8.75. The van der Waals surface area contributed by atoms with Crippen LogP contribution in [-0.4, -0.2) is 54.2 Å². The lowest BCUT2D eigenvalue weighted by Crippen LogP contribution is -2.36. The minimum absolute atomic E-state index is 0.0667. The number of nitrogens with one attached hydrogen (secondary N) is 1. The molecule has 1 atom stereocenters. The second kappa shape index (κ2) is 9.75. The van der Waals surface area contributed by atoms with Gasteiger partial charge in [-0.2, -0.15) is 0 Å². The number of fused-ring (bicyclic) bond motifs is 1. The van der Waals surface area contributed by atoms with Gasteiger partial charge < -0.3 is 19.4 Å². The zero-order valence-electron chi connectivity index (χ0n) is 19.6. The highest BCUT2D eigenvalue weighted by Crippen LogP contribution is 2.26. The molecule has 1 saturated heterocycles. The monoisotopic (exact) mass is 479 g/mol. The number of aromatic nitrogens is 2. The largest absolute Gasteiger partial charge is 0.403 e. The Labute approximate surface area is 208 Å². The van der Waals surface area contributed by atoms with E-state index in [9.17, 15) is 4.79 Å². The van der Waals surface area contributed by atoms with Crippen LogP contribution in [-0.2, 0) is 16.0 Å². The molecule has 8 nitrogen and oxygen atoms in total. The molecule has 3 heterocycles. The first kappa shape index (κ1) is 22.2. The molecule has 2 aliphatic rings. The third-order valence-electron chi connectivity index (χ3n) is 6.42. The van der Waals surface area contributed by atoms with Crippen LogP contribution in [0.5, 0.6) is 0 Å². The smallest absolute Gasteiger partial charge is 0.317 e. The van der Waals surface area contributed by atoms with Crippen LogP contribution in [0.2, 0.25) is 0 Å². The van der Waals surface area contributed by atoms with Crippen LogP contribution in [0.1, 0.15) is 16.7 Å². The van der Waals surface area contributed by atoms with E-state index in [2.05, 4.69) is 20.4 Å². The van der Waals surface area contributed by atoms with Crippen molar-refractivity contribution in [1.82, 2.24) is 10.2 Å². The number of rotatable bonds is 5. The summed E-state index contributed by atoms with van der Waals surface area (Å²) in [6.45, 7) is 3.22. The first-order valence-corrected chi connectivity index (χ1v) is 12.0. The number of carbonyl (C=O) groups excluding carboxylic acids is 1. The topological polar surface area (TPSA) is 92.9 Å². The van der Waals surface area contributed by atoms with Crippen molar-refractivity contribution in [2.75, 3.05) is 36.5 Å². The SMILES string of the molecule is O=C1Cc2ccccc2C(c2ccccc2)=N[C@@H]1Nc1nnc(-c2ccc(N3CCOCC3)cc2)o1. The molecular weight excluding hydrogens is 454 g/mol. The maximum Gasteiger partial charge on any atom is 0.317 e.